The van der Waals surface area contributed by atoms with Gasteiger partial charge < -0.3 is 19.9 Å². The Morgan fingerprint density at radius 2 is 1.77 bits per heavy atom. The van der Waals surface area contributed by atoms with Crippen molar-refractivity contribution in [2.75, 3.05) is 18.5 Å². The van der Waals surface area contributed by atoms with E-state index in [1.54, 1.807) is 29.8 Å². The first kappa shape index (κ1) is 23.7. The van der Waals surface area contributed by atoms with Crippen LogP contribution in [0.4, 0.5) is 10.5 Å². The van der Waals surface area contributed by atoms with Gasteiger partial charge in [0.25, 0.3) is 5.91 Å². The molecule has 0 radical (unpaired) electrons. The number of rotatable bonds is 8. The number of nitrogens with one attached hydrogen (secondary N) is 2. The lowest BCUT2D eigenvalue weighted by atomic mass is 10.1. The Morgan fingerprint density at radius 1 is 1.03 bits per heavy atom. The molecule has 9 nitrogen and oxygen atoms in total. The van der Waals surface area contributed by atoms with Gasteiger partial charge >= 0.3 is 12.0 Å². The Morgan fingerprint density at radius 3 is 2.54 bits per heavy atom. The van der Waals surface area contributed by atoms with Crippen LogP contribution in [0.15, 0.2) is 60.4 Å². The highest BCUT2D eigenvalue weighted by molar-refractivity contribution is 6.16. The number of aryl methyl sites for hydroxylation is 1. The average Bonchev–Trinajstić information content (AvgIpc) is 3.31. The van der Waals surface area contributed by atoms with E-state index in [4.69, 9.17) is 4.74 Å². The van der Waals surface area contributed by atoms with Gasteiger partial charge in [-0.2, -0.15) is 0 Å². The van der Waals surface area contributed by atoms with Gasteiger partial charge in [0.1, 0.15) is 18.8 Å². The predicted molar refractivity (Wildman–Crippen MR) is 131 cm³/mol. The van der Waals surface area contributed by atoms with Gasteiger partial charge in [0.15, 0.2) is 0 Å². The van der Waals surface area contributed by atoms with Crippen LogP contribution in [0.1, 0.15) is 25.0 Å². The van der Waals surface area contributed by atoms with E-state index >= 15 is 0 Å². The van der Waals surface area contributed by atoms with E-state index < -0.39 is 24.4 Å². The van der Waals surface area contributed by atoms with Crippen molar-refractivity contribution in [2.45, 2.75) is 26.8 Å². The number of ether oxygens (including phenoxy) is 1. The standard InChI is InChI=1S/C26H26N4O5/c1-3-17-9-5-7-11-20(17)27-23(31)15-30-25(33)21(28-26(30)34)13-18-14-29(16-24(32)35-4-2)22-12-8-6-10-19(18)22/h5-14H,3-4,15-16H2,1-2H3,(H,27,31)(H,28,34)/b21-13+. The lowest BCUT2D eigenvalue weighted by molar-refractivity contribution is -0.143. The number of benzene rings is 2. The molecule has 180 valence electrons. The van der Waals surface area contributed by atoms with Crippen LogP contribution in [0.3, 0.4) is 0 Å². The van der Waals surface area contributed by atoms with Crippen LogP contribution in [0.5, 0.6) is 0 Å². The summed E-state index contributed by atoms with van der Waals surface area (Å²) >= 11 is 0. The van der Waals surface area contributed by atoms with Gasteiger partial charge in [-0.05, 0) is 37.1 Å². The second kappa shape index (κ2) is 10.3. The second-order valence-corrected chi connectivity index (χ2v) is 7.97. The molecular weight excluding hydrogens is 448 g/mol. The minimum Gasteiger partial charge on any atom is -0.465 e. The number of hydrogen-bond acceptors (Lipinski definition) is 5. The molecule has 2 N–H and O–H groups in total. The molecule has 1 aliphatic heterocycles. The normalized spacial score (nSPS) is 14.5. The summed E-state index contributed by atoms with van der Waals surface area (Å²) in [6.07, 6.45) is 4.01. The zero-order valence-corrected chi connectivity index (χ0v) is 19.5. The van der Waals surface area contributed by atoms with E-state index in [9.17, 15) is 19.2 Å². The molecule has 1 aromatic heterocycles. The number of hydrogen-bond donors (Lipinski definition) is 2. The van der Waals surface area contributed by atoms with E-state index in [0.29, 0.717) is 11.3 Å². The maximum absolute atomic E-state index is 13.0. The number of imide groups is 1. The van der Waals surface area contributed by atoms with Crippen molar-refractivity contribution in [1.82, 2.24) is 14.8 Å². The lowest BCUT2D eigenvalue weighted by Crippen LogP contribution is -2.38. The van der Waals surface area contributed by atoms with Crippen LogP contribution >= 0.6 is 0 Å². The molecule has 2 heterocycles. The SMILES string of the molecule is CCOC(=O)Cn1cc(/C=C2/NC(=O)N(CC(=O)Nc3ccccc3CC)C2=O)c2ccccc21. The van der Waals surface area contributed by atoms with Gasteiger partial charge in [-0.1, -0.05) is 43.3 Å². The molecule has 4 amide bonds. The van der Waals surface area contributed by atoms with Gasteiger partial charge in [0, 0.05) is 28.4 Å². The van der Waals surface area contributed by atoms with E-state index in [1.807, 2.05) is 49.4 Å². The number of anilines is 1. The number of aromatic nitrogens is 1. The zero-order valence-electron chi connectivity index (χ0n) is 19.5. The van der Waals surface area contributed by atoms with Crippen LogP contribution < -0.4 is 10.6 Å². The number of amides is 4. The molecule has 0 unspecified atom stereocenters. The highest BCUT2D eigenvalue weighted by Crippen LogP contribution is 2.25. The third-order valence-corrected chi connectivity index (χ3v) is 5.66. The summed E-state index contributed by atoms with van der Waals surface area (Å²) in [4.78, 5) is 50.9. The molecule has 0 atom stereocenters. The summed E-state index contributed by atoms with van der Waals surface area (Å²) < 4.78 is 6.78. The minimum absolute atomic E-state index is 0.0172. The van der Waals surface area contributed by atoms with Crippen molar-refractivity contribution in [3.8, 4) is 0 Å². The van der Waals surface area contributed by atoms with Gasteiger partial charge in [-0.15, -0.1) is 0 Å². The first-order valence-electron chi connectivity index (χ1n) is 11.4. The molecule has 0 bridgehead atoms. The Hall–Kier alpha value is -4.40. The first-order valence-corrected chi connectivity index (χ1v) is 11.4. The summed E-state index contributed by atoms with van der Waals surface area (Å²) in [7, 11) is 0. The first-order chi connectivity index (χ1) is 16.9. The topological polar surface area (TPSA) is 110 Å². The van der Waals surface area contributed by atoms with Crippen molar-refractivity contribution in [2.24, 2.45) is 0 Å². The highest BCUT2D eigenvalue weighted by Gasteiger charge is 2.35. The molecule has 9 heteroatoms. The Bertz CT molecular complexity index is 1340. The molecule has 0 aliphatic carbocycles. The molecule has 3 aromatic rings. The van der Waals surface area contributed by atoms with E-state index in [1.165, 1.54) is 0 Å². The van der Waals surface area contributed by atoms with Crippen LogP contribution in [0.25, 0.3) is 17.0 Å². The van der Waals surface area contributed by atoms with Gasteiger partial charge in [-0.25, -0.2) is 9.69 Å². The number of nitrogens with zero attached hydrogens (tertiary/aromatic N) is 2. The smallest absolute Gasteiger partial charge is 0.329 e. The molecule has 0 spiro atoms. The zero-order chi connectivity index (χ0) is 24.9. The summed E-state index contributed by atoms with van der Waals surface area (Å²) in [5.74, 6) is -1.45. The molecule has 1 aliphatic rings. The Labute approximate surface area is 202 Å². The van der Waals surface area contributed by atoms with E-state index in [0.717, 1.165) is 27.8 Å². The van der Waals surface area contributed by atoms with Crippen LogP contribution in [-0.4, -0.2) is 46.4 Å². The fraction of sp³-hybridized carbons (Fsp3) is 0.231. The summed E-state index contributed by atoms with van der Waals surface area (Å²) in [6.45, 7) is 3.60. The van der Waals surface area contributed by atoms with E-state index in [2.05, 4.69) is 10.6 Å². The molecule has 1 saturated heterocycles. The third kappa shape index (κ3) is 5.08. The Kier molecular flexibility index (Phi) is 6.96. The van der Waals surface area contributed by atoms with Crippen molar-refractivity contribution in [1.29, 1.82) is 0 Å². The van der Waals surface area contributed by atoms with Gasteiger partial charge in [0.05, 0.1) is 6.61 Å². The minimum atomic E-state index is -0.671. The van der Waals surface area contributed by atoms with Gasteiger partial charge in [0.2, 0.25) is 5.91 Å². The molecule has 2 aromatic carbocycles. The fourth-order valence-electron chi connectivity index (χ4n) is 4.02. The van der Waals surface area contributed by atoms with Crippen molar-refractivity contribution in [3.63, 3.8) is 0 Å². The quantitative estimate of drug-likeness (QED) is 0.296. The number of carbonyl (C=O) groups is 4. The summed E-state index contributed by atoms with van der Waals surface area (Å²) in [6, 6.07) is 14.1. The van der Waals surface area contributed by atoms with Crippen molar-refractivity contribution in [3.05, 3.63) is 71.6 Å². The third-order valence-electron chi connectivity index (χ3n) is 5.66. The van der Waals surface area contributed by atoms with Crippen LogP contribution in [-0.2, 0) is 32.1 Å². The van der Waals surface area contributed by atoms with Crippen molar-refractivity contribution >= 4 is 46.5 Å². The highest BCUT2D eigenvalue weighted by atomic mass is 16.5. The summed E-state index contributed by atoms with van der Waals surface area (Å²) in [5, 5.41) is 6.12. The predicted octanol–water partition coefficient (Wildman–Crippen LogP) is 3.30. The fourth-order valence-corrected chi connectivity index (χ4v) is 4.02. The number of fused-ring (bicyclic) bond motifs is 1. The monoisotopic (exact) mass is 474 g/mol. The second-order valence-electron chi connectivity index (χ2n) is 7.97. The average molecular weight is 475 g/mol. The number of carbonyl (C=O) groups excluding carboxylic acids is 4. The molecule has 4 rings (SSSR count). The lowest BCUT2D eigenvalue weighted by Gasteiger charge is -2.13. The maximum atomic E-state index is 13.0. The van der Waals surface area contributed by atoms with E-state index in [-0.39, 0.29) is 24.8 Å². The van der Waals surface area contributed by atoms with Crippen LogP contribution in [0.2, 0.25) is 0 Å². The Balaban J connectivity index is 1.54. The van der Waals surface area contributed by atoms with Crippen molar-refractivity contribution < 1.29 is 23.9 Å². The number of para-hydroxylation sites is 2. The summed E-state index contributed by atoms with van der Waals surface area (Å²) in [5.41, 5.74) is 3.09. The largest absolute Gasteiger partial charge is 0.465 e. The molecule has 35 heavy (non-hydrogen) atoms. The van der Waals surface area contributed by atoms with Crippen LogP contribution in [0, 0.1) is 0 Å². The van der Waals surface area contributed by atoms with Gasteiger partial charge in [-0.3, -0.25) is 14.4 Å². The molecular formula is C26H26N4O5. The maximum Gasteiger partial charge on any atom is 0.329 e. The molecule has 0 saturated carbocycles. The number of esters is 1. The molecule has 1 fully saturated rings. The number of urea groups is 1.